The molecule has 2 heterocycles. The molecule has 1 fully saturated rings. The molecule has 0 radical (unpaired) electrons. The largest absolute Gasteiger partial charge is 0.444 e. The minimum Gasteiger partial charge on any atom is -0.444 e. The van der Waals surface area contributed by atoms with Crippen LogP contribution in [-0.4, -0.2) is 48.2 Å². The number of carbonyl (C=O) groups excluding carboxylic acids is 2. The van der Waals surface area contributed by atoms with Crippen molar-refractivity contribution in [2.45, 2.75) is 45.3 Å². The van der Waals surface area contributed by atoms with E-state index < -0.39 is 17.7 Å². The number of thiophene rings is 1. The molecule has 22 heavy (non-hydrogen) atoms. The molecule has 1 aromatic heterocycles. The minimum absolute atomic E-state index is 0.0268. The van der Waals surface area contributed by atoms with E-state index in [1.165, 1.54) is 9.78 Å². The summed E-state index contributed by atoms with van der Waals surface area (Å²) in [6.45, 7) is 6.54. The van der Waals surface area contributed by atoms with Crippen molar-refractivity contribution >= 4 is 23.2 Å². The first-order valence-corrected chi connectivity index (χ1v) is 8.37. The van der Waals surface area contributed by atoms with E-state index in [1.807, 2.05) is 38.3 Å². The van der Waals surface area contributed by atoms with Gasteiger partial charge in [0.25, 0.3) is 0 Å². The number of rotatable bonds is 4. The molecule has 6 heteroatoms. The molecular formula is C16H23NO4S. The second-order valence-electron chi connectivity index (χ2n) is 6.31. The number of Topliss-reactive ketones (excluding diaryl/α,β-unsaturated/α-hetero) is 1. The summed E-state index contributed by atoms with van der Waals surface area (Å²) in [4.78, 5) is 27.4. The molecule has 2 rings (SSSR count). The van der Waals surface area contributed by atoms with Gasteiger partial charge in [-0.25, -0.2) is 4.79 Å². The van der Waals surface area contributed by atoms with Crippen LogP contribution in [0.1, 0.15) is 32.1 Å². The lowest BCUT2D eigenvalue weighted by atomic mass is 10.1. The van der Waals surface area contributed by atoms with Crippen molar-refractivity contribution < 1.29 is 19.1 Å². The number of hydrogen-bond acceptors (Lipinski definition) is 5. The second-order valence-corrected chi connectivity index (χ2v) is 7.34. The van der Waals surface area contributed by atoms with Gasteiger partial charge in [0, 0.05) is 17.8 Å². The van der Waals surface area contributed by atoms with Crippen LogP contribution < -0.4 is 0 Å². The maximum atomic E-state index is 12.4. The molecule has 0 N–H and O–H groups in total. The topological polar surface area (TPSA) is 55.8 Å². The van der Waals surface area contributed by atoms with E-state index >= 15 is 0 Å². The normalized spacial score (nSPS) is 19.0. The van der Waals surface area contributed by atoms with Crippen molar-refractivity contribution in [3.8, 4) is 0 Å². The molecule has 1 saturated heterocycles. The zero-order chi connectivity index (χ0) is 16.2. The Hall–Kier alpha value is -1.40. The standard InChI is InChI=1S/C16H23NO4S/c1-16(2,3)21-15(19)17-8-9-20-11-13(17)14(18)7-6-12-5-4-10-22-12/h4-5,10,13H,6-9,11H2,1-3H3. The van der Waals surface area contributed by atoms with Gasteiger partial charge in [0.15, 0.2) is 5.78 Å². The Kier molecular flexibility index (Phi) is 5.58. The van der Waals surface area contributed by atoms with Crippen molar-refractivity contribution in [2.24, 2.45) is 0 Å². The Balaban J connectivity index is 1.96. The average Bonchev–Trinajstić information content (AvgIpc) is 2.96. The van der Waals surface area contributed by atoms with Crippen LogP contribution in [0.15, 0.2) is 17.5 Å². The van der Waals surface area contributed by atoms with Gasteiger partial charge < -0.3 is 9.47 Å². The molecule has 0 bridgehead atoms. The lowest BCUT2D eigenvalue weighted by molar-refractivity contribution is -0.130. The molecule has 1 amide bonds. The summed E-state index contributed by atoms with van der Waals surface area (Å²) in [5.41, 5.74) is -0.569. The lowest BCUT2D eigenvalue weighted by Gasteiger charge is -2.35. The number of morpholine rings is 1. The maximum absolute atomic E-state index is 12.4. The summed E-state index contributed by atoms with van der Waals surface area (Å²) in [5, 5.41) is 2.00. The van der Waals surface area contributed by atoms with Crippen molar-refractivity contribution in [3.63, 3.8) is 0 Å². The van der Waals surface area contributed by atoms with E-state index in [4.69, 9.17) is 9.47 Å². The predicted octanol–water partition coefficient (Wildman–Crippen LogP) is 2.89. The fourth-order valence-corrected chi connectivity index (χ4v) is 2.99. The Bertz CT molecular complexity index is 507. The predicted molar refractivity (Wildman–Crippen MR) is 85.2 cm³/mol. The van der Waals surface area contributed by atoms with E-state index in [0.717, 1.165) is 0 Å². The van der Waals surface area contributed by atoms with E-state index in [2.05, 4.69) is 0 Å². The molecule has 0 spiro atoms. The van der Waals surface area contributed by atoms with Gasteiger partial charge in [-0.05, 0) is 38.6 Å². The molecule has 1 aliphatic rings. The zero-order valence-electron chi connectivity index (χ0n) is 13.3. The van der Waals surface area contributed by atoms with Crippen molar-refractivity contribution in [2.75, 3.05) is 19.8 Å². The minimum atomic E-state index is -0.569. The number of amides is 1. The molecule has 1 aromatic rings. The molecule has 1 unspecified atom stereocenters. The first-order chi connectivity index (χ1) is 10.4. The summed E-state index contributed by atoms with van der Waals surface area (Å²) in [6, 6.07) is 3.45. The second kappa shape index (κ2) is 7.24. The summed E-state index contributed by atoms with van der Waals surface area (Å²) in [7, 11) is 0. The third-order valence-electron chi connectivity index (χ3n) is 3.33. The third-order valence-corrected chi connectivity index (χ3v) is 4.26. The van der Waals surface area contributed by atoms with Crippen molar-refractivity contribution in [1.29, 1.82) is 0 Å². The van der Waals surface area contributed by atoms with Crippen LogP contribution >= 0.6 is 11.3 Å². The lowest BCUT2D eigenvalue weighted by Crippen LogP contribution is -2.53. The monoisotopic (exact) mass is 325 g/mol. The van der Waals surface area contributed by atoms with Crippen LogP contribution in [0, 0.1) is 0 Å². The highest BCUT2D eigenvalue weighted by Gasteiger charge is 2.34. The Morgan fingerprint density at radius 1 is 1.45 bits per heavy atom. The van der Waals surface area contributed by atoms with E-state index in [0.29, 0.717) is 26.0 Å². The number of carbonyl (C=O) groups is 2. The Labute approximate surface area is 135 Å². The van der Waals surface area contributed by atoms with Crippen LogP contribution in [0.4, 0.5) is 4.79 Å². The van der Waals surface area contributed by atoms with Gasteiger partial charge in [-0.15, -0.1) is 11.3 Å². The average molecular weight is 325 g/mol. The third kappa shape index (κ3) is 4.81. The number of aryl methyl sites for hydroxylation is 1. The number of ketones is 1. The molecule has 1 aliphatic heterocycles. The van der Waals surface area contributed by atoms with Crippen molar-refractivity contribution in [1.82, 2.24) is 4.90 Å². The molecule has 1 atom stereocenters. The molecule has 0 saturated carbocycles. The highest BCUT2D eigenvalue weighted by Crippen LogP contribution is 2.18. The summed E-state index contributed by atoms with van der Waals surface area (Å²) < 4.78 is 10.8. The molecule has 5 nitrogen and oxygen atoms in total. The van der Waals surface area contributed by atoms with Gasteiger partial charge in [-0.2, -0.15) is 0 Å². The molecule has 0 aliphatic carbocycles. The van der Waals surface area contributed by atoms with Crippen molar-refractivity contribution in [3.05, 3.63) is 22.4 Å². The van der Waals surface area contributed by atoms with Crippen LogP contribution in [0.5, 0.6) is 0 Å². The highest BCUT2D eigenvalue weighted by molar-refractivity contribution is 7.09. The van der Waals surface area contributed by atoms with E-state index in [9.17, 15) is 9.59 Å². The molecule has 122 valence electrons. The Morgan fingerprint density at radius 3 is 2.86 bits per heavy atom. The van der Waals surface area contributed by atoms with E-state index in [-0.39, 0.29) is 12.4 Å². The van der Waals surface area contributed by atoms with Crippen LogP contribution in [0.3, 0.4) is 0 Å². The molecule has 0 aromatic carbocycles. The summed E-state index contributed by atoms with van der Waals surface area (Å²) in [5.74, 6) is 0.0268. The van der Waals surface area contributed by atoms with Gasteiger partial charge in [-0.1, -0.05) is 6.07 Å². The smallest absolute Gasteiger partial charge is 0.411 e. The van der Waals surface area contributed by atoms with Crippen LogP contribution in [0.25, 0.3) is 0 Å². The quantitative estimate of drug-likeness (QED) is 0.854. The first kappa shape index (κ1) is 17.0. The Morgan fingerprint density at radius 2 is 2.23 bits per heavy atom. The number of hydrogen-bond donors (Lipinski definition) is 0. The fourth-order valence-electron chi connectivity index (χ4n) is 2.28. The summed E-state index contributed by atoms with van der Waals surface area (Å²) in [6.07, 6.45) is 0.675. The van der Waals surface area contributed by atoms with Gasteiger partial charge in [0.05, 0.1) is 13.2 Å². The van der Waals surface area contributed by atoms with Crippen LogP contribution in [-0.2, 0) is 20.7 Å². The number of nitrogens with zero attached hydrogens (tertiary/aromatic N) is 1. The van der Waals surface area contributed by atoms with Gasteiger partial charge in [-0.3, -0.25) is 9.69 Å². The van der Waals surface area contributed by atoms with Gasteiger partial charge in [0.1, 0.15) is 11.6 Å². The van der Waals surface area contributed by atoms with Gasteiger partial charge >= 0.3 is 6.09 Å². The number of ether oxygens (including phenoxy) is 2. The fraction of sp³-hybridized carbons (Fsp3) is 0.625. The van der Waals surface area contributed by atoms with E-state index in [1.54, 1.807) is 11.3 Å². The first-order valence-electron chi connectivity index (χ1n) is 7.49. The highest BCUT2D eigenvalue weighted by atomic mass is 32.1. The SMILES string of the molecule is CC(C)(C)OC(=O)N1CCOCC1C(=O)CCc1cccs1. The maximum Gasteiger partial charge on any atom is 0.411 e. The molecular weight excluding hydrogens is 302 g/mol. The van der Waals surface area contributed by atoms with Gasteiger partial charge in [0.2, 0.25) is 0 Å². The summed E-state index contributed by atoms with van der Waals surface area (Å²) >= 11 is 1.64. The zero-order valence-corrected chi connectivity index (χ0v) is 14.1. The van der Waals surface area contributed by atoms with Crippen LogP contribution in [0.2, 0.25) is 0 Å².